The molecule has 2 aliphatic heterocycles. The van der Waals surface area contributed by atoms with E-state index in [9.17, 15) is 9.18 Å². The van der Waals surface area contributed by atoms with Crippen LogP contribution in [-0.2, 0) is 23.6 Å². The van der Waals surface area contributed by atoms with Gasteiger partial charge in [-0.2, -0.15) is 10.2 Å². The highest BCUT2D eigenvalue weighted by Crippen LogP contribution is 2.38. The molecule has 0 aliphatic carbocycles. The van der Waals surface area contributed by atoms with E-state index in [0.29, 0.717) is 42.5 Å². The lowest BCUT2D eigenvalue weighted by molar-refractivity contribution is 0.0375. The molecular weight excluding hydrogens is 887 g/mol. The average Bonchev–Trinajstić information content (AvgIpc) is 3.76. The zero-order valence-corrected chi connectivity index (χ0v) is 37.1. The fourth-order valence-corrected chi connectivity index (χ4v) is 8.46. The molecule has 4 heterocycles. The van der Waals surface area contributed by atoms with Crippen molar-refractivity contribution < 1.29 is 28.1 Å². The maximum absolute atomic E-state index is 13.5. The monoisotopic (exact) mass is 938 g/mol. The van der Waals surface area contributed by atoms with Gasteiger partial charge in [0, 0.05) is 88.6 Å². The van der Waals surface area contributed by atoms with E-state index in [0.717, 1.165) is 95.5 Å². The van der Waals surface area contributed by atoms with Gasteiger partial charge in [0.2, 0.25) is 0 Å². The van der Waals surface area contributed by atoms with Gasteiger partial charge in [0.15, 0.2) is 0 Å². The summed E-state index contributed by atoms with van der Waals surface area (Å²) in [7, 11) is 7.30. The van der Waals surface area contributed by atoms with Gasteiger partial charge < -0.3 is 35.3 Å². The Morgan fingerprint density at radius 2 is 1.49 bits per heavy atom. The Hall–Kier alpha value is -4.32. The summed E-state index contributed by atoms with van der Waals surface area (Å²) in [6.45, 7) is 5.07. The van der Waals surface area contributed by atoms with Gasteiger partial charge in [0.25, 0.3) is 5.91 Å². The number of hydrogen-bond acceptors (Lipinski definition) is 10. The topological polar surface area (TPSA) is 143 Å². The second kappa shape index (κ2) is 21.3. The fourth-order valence-electron chi connectivity index (χ4n) is 7.34. The molecule has 1 amide bonds. The predicted molar refractivity (Wildman–Crippen MR) is 235 cm³/mol. The smallest absolute Gasteiger partial charge is 0.255 e. The minimum Gasteiger partial charge on any atom is -0.493 e. The second-order valence-corrected chi connectivity index (χ2v) is 16.4. The standard InChI is InChI=1S/C25H28BrFN4O3.C18H25BrN4O2/c1-31-24(22(26)15-29-31)21-13-19(30-25(32)16-4-3-5-17(27)12-16)7-9-23(21)34-11-10-18-6-8-20(33-2)14-28-18;1-22-18(16(19)12-21-22)15-11-13(20)3-4-17(15)25-10-9-23-7-5-14(24-2)6-8-23/h3-5,7,9,12-13,15,18,20,28H,6,8,10-11,14H2,1-2H3,(H,30,32);3-4,11-12,14H,5-10,20H2,1-2H3. The van der Waals surface area contributed by atoms with Gasteiger partial charge in [-0.05, 0) is 119 Å². The van der Waals surface area contributed by atoms with Crippen LogP contribution in [0.2, 0.25) is 0 Å². The van der Waals surface area contributed by atoms with Gasteiger partial charge in [-0.3, -0.25) is 19.1 Å². The fraction of sp³-hybridized carbons (Fsp3) is 0.419. The molecule has 13 nitrogen and oxygen atoms in total. The zero-order chi connectivity index (χ0) is 41.9. The number of hydrogen-bond donors (Lipinski definition) is 3. The molecule has 5 aromatic rings. The van der Waals surface area contributed by atoms with Crippen LogP contribution < -0.4 is 25.8 Å². The van der Waals surface area contributed by atoms with Crippen molar-refractivity contribution in [2.75, 3.05) is 64.7 Å². The van der Waals surface area contributed by atoms with Gasteiger partial charge in [-0.1, -0.05) is 6.07 Å². The van der Waals surface area contributed by atoms with Gasteiger partial charge >= 0.3 is 0 Å². The molecular formula is C43H53Br2FN8O5. The second-order valence-electron chi connectivity index (χ2n) is 14.7. The number of rotatable bonds is 14. The van der Waals surface area contributed by atoms with E-state index in [-0.39, 0.29) is 17.6 Å². The number of aryl methyl sites for hydroxylation is 2. The molecule has 59 heavy (non-hydrogen) atoms. The van der Waals surface area contributed by atoms with E-state index in [4.69, 9.17) is 24.7 Å². The summed E-state index contributed by atoms with van der Waals surface area (Å²) in [6, 6.07) is 17.2. The summed E-state index contributed by atoms with van der Waals surface area (Å²) >= 11 is 7.12. The van der Waals surface area contributed by atoms with Crippen molar-refractivity contribution in [1.29, 1.82) is 0 Å². The Morgan fingerprint density at radius 1 is 0.847 bits per heavy atom. The Morgan fingerprint density at radius 3 is 2.08 bits per heavy atom. The number of benzene rings is 3. The maximum atomic E-state index is 13.5. The van der Waals surface area contributed by atoms with E-state index in [1.165, 1.54) is 18.2 Å². The summed E-state index contributed by atoms with van der Waals surface area (Å²) in [5.41, 5.74) is 11.0. The molecule has 2 aromatic heterocycles. The number of nitrogen functional groups attached to an aromatic ring is 1. The largest absolute Gasteiger partial charge is 0.493 e. The third-order valence-electron chi connectivity index (χ3n) is 10.7. The van der Waals surface area contributed by atoms with Crippen LogP contribution in [-0.4, -0.2) is 102 Å². The van der Waals surface area contributed by atoms with Crippen molar-refractivity contribution in [1.82, 2.24) is 29.8 Å². The van der Waals surface area contributed by atoms with E-state index in [1.807, 2.05) is 49.1 Å². The molecule has 2 atom stereocenters. The molecule has 0 bridgehead atoms. The van der Waals surface area contributed by atoms with Crippen molar-refractivity contribution >= 4 is 49.1 Å². The van der Waals surface area contributed by atoms with Crippen LogP contribution >= 0.6 is 31.9 Å². The van der Waals surface area contributed by atoms with Crippen LogP contribution in [0.1, 0.15) is 42.5 Å². The van der Waals surface area contributed by atoms with Crippen molar-refractivity contribution in [3.05, 3.63) is 93.4 Å². The minimum atomic E-state index is -0.457. The first-order valence-corrected chi connectivity index (χ1v) is 21.3. The number of piperidine rings is 2. The van der Waals surface area contributed by atoms with Crippen LogP contribution in [0.25, 0.3) is 22.5 Å². The Balaban J connectivity index is 0.000000208. The quantitative estimate of drug-likeness (QED) is 0.0949. The third kappa shape index (κ3) is 11.9. The van der Waals surface area contributed by atoms with Gasteiger partial charge in [0.05, 0.1) is 51.5 Å². The molecule has 2 saturated heterocycles. The number of anilines is 2. The summed E-state index contributed by atoms with van der Waals surface area (Å²) in [6.07, 6.45) is 9.33. The highest BCUT2D eigenvalue weighted by molar-refractivity contribution is 9.11. The lowest BCUT2D eigenvalue weighted by atomic mass is 10.0. The summed E-state index contributed by atoms with van der Waals surface area (Å²) in [5.74, 6) is 0.672. The van der Waals surface area contributed by atoms with Crippen molar-refractivity contribution in [2.24, 2.45) is 14.1 Å². The lowest BCUT2D eigenvalue weighted by Crippen LogP contribution is -2.42. The van der Waals surface area contributed by atoms with E-state index < -0.39 is 5.82 Å². The van der Waals surface area contributed by atoms with Crippen LogP contribution in [0.3, 0.4) is 0 Å². The number of amides is 1. The van der Waals surface area contributed by atoms with Crippen LogP contribution in [0.5, 0.6) is 11.5 Å². The van der Waals surface area contributed by atoms with Crippen molar-refractivity contribution in [2.45, 2.75) is 50.4 Å². The Bertz CT molecular complexity index is 2110. The number of halogens is 3. The van der Waals surface area contributed by atoms with Crippen molar-refractivity contribution in [3.8, 4) is 34.0 Å². The van der Waals surface area contributed by atoms with Gasteiger partial charge in [-0.25, -0.2) is 4.39 Å². The summed E-state index contributed by atoms with van der Waals surface area (Å²) < 4.78 is 41.9. The highest BCUT2D eigenvalue weighted by atomic mass is 79.9. The first kappa shape index (κ1) is 44.2. The molecule has 4 N–H and O–H groups in total. The Kier molecular flexibility index (Phi) is 16.0. The molecule has 2 aliphatic rings. The highest BCUT2D eigenvalue weighted by Gasteiger charge is 2.22. The maximum Gasteiger partial charge on any atom is 0.255 e. The van der Waals surface area contributed by atoms with E-state index in [2.05, 4.69) is 57.6 Å². The van der Waals surface area contributed by atoms with Crippen LogP contribution in [0, 0.1) is 5.82 Å². The molecule has 16 heteroatoms. The molecule has 3 aromatic carbocycles. The lowest BCUT2D eigenvalue weighted by Gasteiger charge is -2.31. The first-order chi connectivity index (χ1) is 28.5. The minimum absolute atomic E-state index is 0.249. The van der Waals surface area contributed by atoms with Gasteiger partial charge in [-0.15, -0.1) is 0 Å². The van der Waals surface area contributed by atoms with Crippen LogP contribution in [0.15, 0.2) is 82.0 Å². The van der Waals surface area contributed by atoms with Crippen LogP contribution in [0.4, 0.5) is 15.8 Å². The number of nitrogens with zero attached hydrogens (tertiary/aromatic N) is 5. The number of nitrogens with one attached hydrogen (secondary N) is 2. The predicted octanol–water partition coefficient (Wildman–Crippen LogP) is 7.70. The number of aromatic nitrogens is 4. The third-order valence-corrected chi connectivity index (χ3v) is 11.8. The number of ether oxygens (including phenoxy) is 4. The molecule has 316 valence electrons. The van der Waals surface area contributed by atoms with Crippen molar-refractivity contribution in [3.63, 3.8) is 0 Å². The number of nitrogens with two attached hydrogens (primary N) is 1. The molecule has 2 fully saturated rings. The zero-order valence-electron chi connectivity index (χ0n) is 33.9. The summed E-state index contributed by atoms with van der Waals surface area (Å²) in [4.78, 5) is 15.0. The SMILES string of the molecule is COC1CCC(CCOc2ccc(NC(=O)c3cccc(F)c3)cc2-c2c(Br)cnn2C)NC1.COC1CCN(CCOc2ccc(N)cc2-c2c(Br)cnn2C)CC1. The molecule has 0 spiro atoms. The summed E-state index contributed by atoms with van der Waals surface area (Å²) in [5, 5.41) is 15.0. The molecule has 7 rings (SSSR count). The van der Waals surface area contributed by atoms with E-state index >= 15 is 0 Å². The molecule has 0 saturated carbocycles. The molecule has 0 radical (unpaired) electrons. The molecule has 2 unspecified atom stereocenters. The van der Waals surface area contributed by atoms with E-state index in [1.54, 1.807) is 43.4 Å². The Labute approximate surface area is 362 Å². The number of methoxy groups -OCH3 is 2. The number of carbonyl (C=O) groups is 1. The normalized spacial score (nSPS) is 17.3. The average molecular weight is 941 g/mol. The van der Waals surface area contributed by atoms with Gasteiger partial charge in [0.1, 0.15) is 23.9 Å². The first-order valence-electron chi connectivity index (χ1n) is 19.8. The number of likely N-dealkylation sites (tertiary alicyclic amines) is 1. The number of carbonyl (C=O) groups excluding carboxylic acids is 1.